The Balaban J connectivity index is 2.64. The van der Waals surface area contributed by atoms with Crippen LogP contribution in [0.5, 0.6) is 0 Å². The lowest BCUT2D eigenvalue weighted by Gasteiger charge is -2.05. The fraction of sp³-hybridized carbons (Fsp3) is 0.182. The second kappa shape index (κ2) is 4.73. The third kappa shape index (κ3) is 2.06. The van der Waals surface area contributed by atoms with E-state index in [4.69, 9.17) is 16.7 Å². The third-order valence-corrected chi connectivity index (χ3v) is 2.72. The van der Waals surface area contributed by atoms with Gasteiger partial charge in [-0.25, -0.2) is 13.9 Å². The summed E-state index contributed by atoms with van der Waals surface area (Å²) in [5.74, 6) is -1.75. The van der Waals surface area contributed by atoms with Gasteiger partial charge in [-0.15, -0.1) is 5.10 Å². The molecule has 1 heterocycles. The van der Waals surface area contributed by atoms with Gasteiger partial charge in [-0.3, -0.25) is 0 Å². The lowest BCUT2D eigenvalue weighted by atomic mass is 10.1. The molecule has 5 nitrogen and oxygen atoms in total. The molecule has 18 heavy (non-hydrogen) atoms. The summed E-state index contributed by atoms with van der Waals surface area (Å²) in [6, 6.07) is 3.98. The number of hydrogen-bond acceptors (Lipinski definition) is 3. The molecule has 0 saturated heterocycles. The molecule has 0 spiro atoms. The lowest BCUT2D eigenvalue weighted by molar-refractivity contribution is 0.0691. The summed E-state index contributed by atoms with van der Waals surface area (Å²) in [6.07, 6.45) is 0. The van der Waals surface area contributed by atoms with E-state index >= 15 is 0 Å². The molecule has 0 aliphatic carbocycles. The lowest BCUT2D eigenvalue weighted by Crippen LogP contribution is -2.03. The van der Waals surface area contributed by atoms with E-state index in [-0.39, 0.29) is 10.7 Å². The molecule has 0 saturated carbocycles. The van der Waals surface area contributed by atoms with Gasteiger partial charge in [0.15, 0.2) is 5.69 Å². The molecule has 0 fully saturated rings. The van der Waals surface area contributed by atoms with Crippen LogP contribution < -0.4 is 0 Å². The molecule has 2 rings (SSSR count). The molecular weight excluding hydrogens is 261 g/mol. The number of hydrogen-bond donors (Lipinski definition) is 1. The number of rotatable bonds is 3. The molecule has 2 aromatic rings. The predicted molar refractivity (Wildman–Crippen MR) is 63.1 cm³/mol. The minimum atomic E-state index is -1.19. The van der Waals surface area contributed by atoms with Crippen LogP contribution in [0.4, 0.5) is 4.39 Å². The summed E-state index contributed by atoms with van der Waals surface area (Å²) < 4.78 is 14.5. The Morgan fingerprint density at radius 3 is 2.83 bits per heavy atom. The van der Waals surface area contributed by atoms with Gasteiger partial charge in [0.1, 0.15) is 11.5 Å². The maximum absolute atomic E-state index is 13.1. The summed E-state index contributed by atoms with van der Waals surface area (Å²) in [4.78, 5) is 11.1. The van der Waals surface area contributed by atoms with Gasteiger partial charge in [0.05, 0.1) is 5.02 Å². The highest BCUT2D eigenvalue weighted by Crippen LogP contribution is 2.26. The van der Waals surface area contributed by atoms with Crippen LogP contribution >= 0.6 is 11.6 Å². The highest BCUT2D eigenvalue weighted by molar-refractivity contribution is 6.31. The Labute approximate surface area is 107 Å². The van der Waals surface area contributed by atoms with Crippen LogP contribution in [0, 0.1) is 5.82 Å². The maximum atomic E-state index is 13.1. The molecule has 0 atom stereocenters. The molecule has 1 N–H and O–H groups in total. The monoisotopic (exact) mass is 269 g/mol. The van der Waals surface area contributed by atoms with Gasteiger partial charge in [-0.05, 0) is 25.1 Å². The number of aryl methyl sites for hydroxylation is 1. The van der Waals surface area contributed by atoms with Crippen molar-refractivity contribution < 1.29 is 14.3 Å². The molecule has 0 radical (unpaired) electrons. The van der Waals surface area contributed by atoms with Crippen molar-refractivity contribution in [2.45, 2.75) is 13.5 Å². The normalized spacial score (nSPS) is 10.6. The number of halogens is 2. The van der Waals surface area contributed by atoms with E-state index in [1.54, 1.807) is 6.92 Å². The Morgan fingerprint density at radius 2 is 2.28 bits per heavy atom. The first kappa shape index (κ1) is 12.5. The summed E-state index contributed by atoms with van der Waals surface area (Å²) in [5, 5.41) is 16.3. The van der Waals surface area contributed by atoms with Gasteiger partial charge in [0.2, 0.25) is 0 Å². The van der Waals surface area contributed by atoms with Crippen LogP contribution in [0.3, 0.4) is 0 Å². The van der Waals surface area contributed by atoms with E-state index in [9.17, 15) is 9.18 Å². The molecule has 0 aliphatic rings. The van der Waals surface area contributed by atoms with Crippen LogP contribution in [0.25, 0.3) is 11.3 Å². The second-order valence-electron chi connectivity index (χ2n) is 3.54. The second-order valence-corrected chi connectivity index (χ2v) is 3.94. The van der Waals surface area contributed by atoms with E-state index in [1.807, 2.05) is 0 Å². The van der Waals surface area contributed by atoms with E-state index in [0.29, 0.717) is 17.8 Å². The Morgan fingerprint density at radius 1 is 1.56 bits per heavy atom. The topological polar surface area (TPSA) is 68.0 Å². The van der Waals surface area contributed by atoms with Crippen LogP contribution in [-0.4, -0.2) is 26.1 Å². The van der Waals surface area contributed by atoms with Crippen molar-refractivity contribution in [1.29, 1.82) is 0 Å². The van der Waals surface area contributed by atoms with Crippen molar-refractivity contribution in [1.82, 2.24) is 15.0 Å². The van der Waals surface area contributed by atoms with Crippen molar-refractivity contribution in [2.24, 2.45) is 0 Å². The number of carbonyl (C=O) groups is 1. The highest BCUT2D eigenvalue weighted by Gasteiger charge is 2.20. The van der Waals surface area contributed by atoms with Crippen LogP contribution in [0.2, 0.25) is 5.02 Å². The number of aromatic carboxylic acids is 1. The zero-order chi connectivity index (χ0) is 13.3. The zero-order valence-corrected chi connectivity index (χ0v) is 10.1. The third-order valence-electron chi connectivity index (χ3n) is 2.43. The molecule has 0 aliphatic heterocycles. The predicted octanol–water partition coefficient (Wildman–Crippen LogP) is 2.46. The average Bonchev–Trinajstić information content (AvgIpc) is 2.76. The van der Waals surface area contributed by atoms with Gasteiger partial charge in [0.25, 0.3) is 0 Å². The smallest absolute Gasteiger partial charge is 0.358 e. The van der Waals surface area contributed by atoms with Crippen molar-refractivity contribution in [2.75, 3.05) is 0 Å². The van der Waals surface area contributed by atoms with Crippen molar-refractivity contribution in [3.05, 3.63) is 34.7 Å². The summed E-state index contributed by atoms with van der Waals surface area (Å²) in [5.41, 5.74) is 0.595. The molecule has 94 valence electrons. The summed E-state index contributed by atoms with van der Waals surface area (Å²) >= 11 is 5.69. The first-order chi connectivity index (χ1) is 8.54. The average molecular weight is 270 g/mol. The number of aromatic nitrogens is 3. The standard InChI is InChI=1S/C11H9ClFN3O2/c1-2-16-10(9(11(17)18)14-15-16)6-3-4-8(13)7(12)5-6/h3-5H,2H2,1H3,(H,17,18). The van der Waals surface area contributed by atoms with Crippen LogP contribution in [0.1, 0.15) is 17.4 Å². The summed E-state index contributed by atoms with van der Waals surface area (Å²) in [7, 11) is 0. The van der Waals surface area contributed by atoms with E-state index in [0.717, 1.165) is 0 Å². The number of benzene rings is 1. The van der Waals surface area contributed by atoms with E-state index in [1.165, 1.54) is 22.9 Å². The van der Waals surface area contributed by atoms with Gasteiger partial charge >= 0.3 is 5.97 Å². The minimum Gasteiger partial charge on any atom is -0.476 e. The largest absolute Gasteiger partial charge is 0.476 e. The number of nitrogens with zero attached hydrogens (tertiary/aromatic N) is 3. The van der Waals surface area contributed by atoms with Gasteiger partial charge in [-0.2, -0.15) is 0 Å². The highest BCUT2D eigenvalue weighted by atomic mass is 35.5. The Kier molecular flexibility index (Phi) is 3.29. The summed E-state index contributed by atoms with van der Waals surface area (Å²) in [6.45, 7) is 2.25. The quantitative estimate of drug-likeness (QED) is 0.929. The molecule has 1 aromatic carbocycles. The van der Waals surface area contributed by atoms with Crippen LogP contribution in [-0.2, 0) is 6.54 Å². The zero-order valence-electron chi connectivity index (χ0n) is 9.39. The number of carboxylic acid groups (broad SMARTS) is 1. The van der Waals surface area contributed by atoms with Crippen molar-refractivity contribution in [3.8, 4) is 11.3 Å². The maximum Gasteiger partial charge on any atom is 0.358 e. The molecule has 1 aromatic heterocycles. The van der Waals surface area contributed by atoms with Crippen molar-refractivity contribution >= 4 is 17.6 Å². The van der Waals surface area contributed by atoms with Gasteiger partial charge in [0, 0.05) is 12.1 Å². The van der Waals surface area contributed by atoms with E-state index < -0.39 is 11.8 Å². The molecule has 7 heteroatoms. The number of carboxylic acids is 1. The van der Waals surface area contributed by atoms with Crippen molar-refractivity contribution in [3.63, 3.8) is 0 Å². The molecule has 0 unspecified atom stereocenters. The SMILES string of the molecule is CCn1nnc(C(=O)O)c1-c1ccc(F)c(Cl)c1. The first-order valence-corrected chi connectivity index (χ1v) is 5.54. The van der Waals surface area contributed by atoms with Gasteiger partial charge in [-0.1, -0.05) is 16.8 Å². The van der Waals surface area contributed by atoms with Gasteiger partial charge < -0.3 is 5.11 Å². The fourth-order valence-electron chi connectivity index (χ4n) is 1.61. The first-order valence-electron chi connectivity index (χ1n) is 5.16. The Hall–Kier alpha value is -1.95. The van der Waals surface area contributed by atoms with Crippen LogP contribution in [0.15, 0.2) is 18.2 Å². The molecular formula is C11H9ClFN3O2. The fourth-order valence-corrected chi connectivity index (χ4v) is 1.79. The van der Waals surface area contributed by atoms with E-state index in [2.05, 4.69) is 10.3 Å². The minimum absolute atomic E-state index is 0.0762. The molecule has 0 amide bonds. The molecule has 0 bridgehead atoms. The Bertz CT molecular complexity index is 612.